The zero-order chi connectivity index (χ0) is 22.5. The molecule has 7 nitrogen and oxygen atoms in total. The summed E-state index contributed by atoms with van der Waals surface area (Å²) >= 11 is 1.47. The highest BCUT2D eigenvalue weighted by Gasteiger charge is 2.23. The molecule has 0 spiro atoms. The fourth-order valence-electron chi connectivity index (χ4n) is 4.04. The number of hydrogen-bond acceptors (Lipinski definition) is 6. The van der Waals surface area contributed by atoms with Crippen molar-refractivity contribution >= 4 is 40.1 Å². The number of morpholine rings is 1. The molecule has 1 fully saturated rings. The van der Waals surface area contributed by atoms with Crippen molar-refractivity contribution in [2.45, 2.75) is 32.5 Å². The van der Waals surface area contributed by atoms with Crippen LogP contribution in [0.15, 0.2) is 47.6 Å². The first-order valence-electron chi connectivity index (χ1n) is 11.2. The number of ether oxygens (including phenoxy) is 1. The van der Waals surface area contributed by atoms with Crippen LogP contribution in [-0.4, -0.2) is 59.3 Å². The van der Waals surface area contributed by atoms with Crippen LogP contribution in [0.3, 0.4) is 0 Å². The van der Waals surface area contributed by atoms with Gasteiger partial charge in [-0.1, -0.05) is 62.0 Å². The van der Waals surface area contributed by atoms with E-state index in [1.165, 1.54) is 11.8 Å². The van der Waals surface area contributed by atoms with E-state index in [1.807, 2.05) is 36.1 Å². The third kappa shape index (κ3) is 4.91. The maximum atomic E-state index is 13.3. The molecular weight excluding hydrogens is 422 g/mol. The van der Waals surface area contributed by atoms with Crippen LogP contribution in [0.5, 0.6) is 0 Å². The minimum atomic E-state index is 0.0703. The van der Waals surface area contributed by atoms with E-state index in [0.29, 0.717) is 31.4 Å². The lowest BCUT2D eigenvalue weighted by Crippen LogP contribution is -2.38. The molecule has 1 aliphatic heterocycles. The number of carbonyl (C=O) groups excluding carboxylic acids is 1. The predicted molar refractivity (Wildman–Crippen MR) is 131 cm³/mol. The summed E-state index contributed by atoms with van der Waals surface area (Å²) in [5, 5.41) is 11.9. The third-order valence-electron chi connectivity index (χ3n) is 5.54. The molecule has 2 aromatic carbocycles. The van der Waals surface area contributed by atoms with Gasteiger partial charge in [0.2, 0.25) is 11.9 Å². The first-order chi connectivity index (χ1) is 15.6. The summed E-state index contributed by atoms with van der Waals surface area (Å²) in [5.41, 5.74) is 0.953. The van der Waals surface area contributed by atoms with Gasteiger partial charge in [0.25, 0.3) is 0 Å². The molecule has 0 saturated carbocycles. The van der Waals surface area contributed by atoms with Crippen LogP contribution in [0.4, 0.5) is 11.6 Å². The molecule has 0 radical (unpaired) electrons. The van der Waals surface area contributed by atoms with E-state index in [0.717, 1.165) is 47.2 Å². The Morgan fingerprint density at radius 2 is 1.88 bits per heavy atom. The number of aromatic nitrogens is 3. The van der Waals surface area contributed by atoms with Crippen LogP contribution in [0.1, 0.15) is 20.8 Å². The van der Waals surface area contributed by atoms with Crippen molar-refractivity contribution in [2.75, 3.05) is 48.4 Å². The van der Waals surface area contributed by atoms with E-state index in [9.17, 15) is 4.79 Å². The summed E-state index contributed by atoms with van der Waals surface area (Å²) in [6.45, 7) is 10.8. The SMILES string of the molecule is CCN(C(=O)CSc1nnc(N2CCOCC2)n1CC(C)C)c1cccc2ccccc12. The van der Waals surface area contributed by atoms with Crippen molar-refractivity contribution in [1.29, 1.82) is 0 Å². The molecule has 32 heavy (non-hydrogen) atoms. The largest absolute Gasteiger partial charge is 0.378 e. The molecule has 0 N–H and O–H groups in total. The van der Waals surface area contributed by atoms with E-state index in [1.54, 1.807) is 0 Å². The molecule has 1 aliphatic rings. The van der Waals surface area contributed by atoms with E-state index in [2.05, 4.69) is 51.7 Å². The number of thioether (sulfide) groups is 1. The van der Waals surface area contributed by atoms with E-state index in [4.69, 9.17) is 4.74 Å². The van der Waals surface area contributed by atoms with Gasteiger partial charge in [-0.3, -0.25) is 9.36 Å². The molecule has 1 aromatic heterocycles. The van der Waals surface area contributed by atoms with Gasteiger partial charge in [-0.05, 0) is 24.3 Å². The molecule has 8 heteroatoms. The highest BCUT2D eigenvalue weighted by molar-refractivity contribution is 7.99. The van der Waals surface area contributed by atoms with Gasteiger partial charge in [-0.15, -0.1) is 10.2 Å². The van der Waals surface area contributed by atoms with Gasteiger partial charge in [0.15, 0.2) is 5.16 Å². The second-order valence-corrected chi connectivity index (χ2v) is 9.25. The monoisotopic (exact) mass is 453 g/mol. The Hall–Kier alpha value is -2.58. The molecule has 0 aliphatic carbocycles. The lowest BCUT2D eigenvalue weighted by Gasteiger charge is -2.28. The standard InChI is InChI=1S/C24H31N5O2S/c1-4-28(21-11-7-9-19-8-5-6-10-20(19)21)22(30)17-32-24-26-25-23(29(24)16-18(2)3)27-12-14-31-15-13-27/h5-11,18H,4,12-17H2,1-3H3. The molecule has 4 rings (SSSR count). The Bertz CT molecular complexity index is 1060. The Morgan fingerprint density at radius 3 is 2.62 bits per heavy atom. The lowest BCUT2D eigenvalue weighted by molar-refractivity contribution is -0.116. The molecule has 3 aromatic rings. The number of anilines is 2. The van der Waals surface area contributed by atoms with Crippen LogP contribution >= 0.6 is 11.8 Å². The third-order valence-corrected chi connectivity index (χ3v) is 6.49. The molecule has 0 atom stereocenters. The normalized spacial score (nSPS) is 14.3. The summed E-state index contributed by atoms with van der Waals surface area (Å²) < 4.78 is 7.64. The summed E-state index contributed by atoms with van der Waals surface area (Å²) in [7, 11) is 0. The van der Waals surface area contributed by atoms with Gasteiger partial charge >= 0.3 is 0 Å². The highest BCUT2D eigenvalue weighted by atomic mass is 32.2. The van der Waals surface area contributed by atoms with Crippen LogP contribution in [0.25, 0.3) is 10.8 Å². The van der Waals surface area contributed by atoms with E-state index in [-0.39, 0.29) is 5.91 Å². The number of nitrogens with zero attached hydrogens (tertiary/aromatic N) is 5. The minimum Gasteiger partial charge on any atom is -0.378 e. The quantitative estimate of drug-likeness (QED) is 0.479. The van der Waals surface area contributed by atoms with Crippen molar-refractivity contribution in [1.82, 2.24) is 14.8 Å². The van der Waals surface area contributed by atoms with Crippen molar-refractivity contribution in [3.05, 3.63) is 42.5 Å². The molecular formula is C24H31N5O2S. The second-order valence-electron chi connectivity index (χ2n) is 8.31. The van der Waals surface area contributed by atoms with Crippen LogP contribution in [0.2, 0.25) is 0 Å². The van der Waals surface area contributed by atoms with Gasteiger partial charge in [-0.25, -0.2) is 0 Å². The summed E-state index contributed by atoms with van der Waals surface area (Å²) in [6.07, 6.45) is 0. The average Bonchev–Trinajstić information content (AvgIpc) is 3.20. The molecule has 170 valence electrons. The van der Waals surface area contributed by atoms with Crippen LogP contribution in [-0.2, 0) is 16.1 Å². The molecule has 1 amide bonds. The van der Waals surface area contributed by atoms with E-state index >= 15 is 0 Å². The van der Waals surface area contributed by atoms with Crippen LogP contribution < -0.4 is 9.80 Å². The van der Waals surface area contributed by atoms with Crippen molar-refractivity contribution < 1.29 is 9.53 Å². The minimum absolute atomic E-state index is 0.0703. The van der Waals surface area contributed by atoms with Gasteiger partial charge in [-0.2, -0.15) is 0 Å². The fourth-order valence-corrected chi connectivity index (χ4v) is 4.86. The highest BCUT2D eigenvalue weighted by Crippen LogP contribution is 2.29. The Morgan fingerprint density at radius 1 is 1.12 bits per heavy atom. The van der Waals surface area contributed by atoms with E-state index < -0.39 is 0 Å². The zero-order valence-electron chi connectivity index (χ0n) is 19.0. The lowest BCUT2D eigenvalue weighted by atomic mass is 10.1. The zero-order valence-corrected chi connectivity index (χ0v) is 19.8. The van der Waals surface area contributed by atoms with Crippen LogP contribution in [0, 0.1) is 5.92 Å². The van der Waals surface area contributed by atoms with Gasteiger partial charge in [0.1, 0.15) is 0 Å². The number of fused-ring (bicyclic) bond motifs is 1. The smallest absolute Gasteiger partial charge is 0.237 e. The number of amides is 1. The van der Waals surface area contributed by atoms with Gasteiger partial charge < -0.3 is 14.5 Å². The number of benzene rings is 2. The van der Waals surface area contributed by atoms with Gasteiger partial charge in [0.05, 0.1) is 24.7 Å². The number of hydrogen-bond donors (Lipinski definition) is 0. The fraction of sp³-hybridized carbons (Fsp3) is 0.458. The maximum Gasteiger partial charge on any atom is 0.237 e. The summed E-state index contributed by atoms with van der Waals surface area (Å²) in [4.78, 5) is 17.3. The summed E-state index contributed by atoms with van der Waals surface area (Å²) in [6, 6.07) is 14.3. The molecule has 0 unspecified atom stereocenters. The summed E-state index contributed by atoms with van der Waals surface area (Å²) in [5.74, 6) is 1.71. The van der Waals surface area contributed by atoms with Crippen molar-refractivity contribution in [2.24, 2.45) is 5.92 Å². The number of rotatable bonds is 8. The van der Waals surface area contributed by atoms with Crippen molar-refractivity contribution in [3.63, 3.8) is 0 Å². The molecule has 2 heterocycles. The Labute approximate surface area is 193 Å². The first kappa shape index (κ1) is 22.6. The number of carbonyl (C=O) groups is 1. The van der Waals surface area contributed by atoms with Gasteiger partial charge in [0, 0.05) is 31.6 Å². The average molecular weight is 454 g/mol. The Kier molecular flexibility index (Phi) is 7.32. The topological polar surface area (TPSA) is 63.5 Å². The predicted octanol–water partition coefficient (Wildman–Crippen LogP) is 4.07. The van der Waals surface area contributed by atoms with Crippen molar-refractivity contribution in [3.8, 4) is 0 Å². The Balaban J connectivity index is 1.53. The molecule has 1 saturated heterocycles. The maximum absolute atomic E-state index is 13.3. The first-order valence-corrected chi connectivity index (χ1v) is 12.2. The molecule has 0 bridgehead atoms. The second kappa shape index (κ2) is 10.4.